The third kappa shape index (κ3) is 4.83. The minimum atomic E-state index is -0.0266. The van der Waals surface area contributed by atoms with Gasteiger partial charge in [0.15, 0.2) is 11.7 Å². The zero-order valence-electron chi connectivity index (χ0n) is 11.4. The number of ketones is 1. The number of methoxy groups -OCH3 is 2. The quantitative estimate of drug-likeness (QED) is 0.601. The second-order valence-corrected chi connectivity index (χ2v) is 3.79. The lowest BCUT2D eigenvalue weighted by Gasteiger charge is -2.05. The van der Waals surface area contributed by atoms with Gasteiger partial charge in [-0.2, -0.15) is 0 Å². The van der Waals surface area contributed by atoms with E-state index in [1.807, 2.05) is 6.08 Å². The van der Waals surface area contributed by atoms with Crippen molar-refractivity contribution >= 4 is 11.9 Å². The SMILES string of the molecule is C=C(NC/C=C/c1cc(C(C)=O)cc(OC)n1)OC. The standard InChI is InChI=1S/C14H18N2O3/c1-10(17)12-8-13(16-14(9-12)19-4)6-5-7-15-11(2)18-3/h5-6,8-9,15H,2,7H2,1,3-4H3/b6-5+. The van der Waals surface area contributed by atoms with Crippen molar-refractivity contribution in [3.63, 3.8) is 0 Å². The molecular weight excluding hydrogens is 244 g/mol. The van der Waals surface area contributed by atoms with Crippen molar-refractivity contribution in [2.24, 2.45) is 0 Å². The van der Waals surface area contributed by atoms with Crippen molar-refractivity contribution in [3.05, 3.63) is 41.9 Å². The first kappa shape index (κ1) is 14.8. The maximum Gasteiger partial charge on any atom is 0.214 e. The summed E-state index contributed by atoms with van der Waals surface area (Å²) >= 11 is 0. The molecule has 0 bridgehead atoms. The van der Waals surface area contributed by atoms with Gasteiger partial charge in [-0.25, -0.2) is 4.98 Å². The number of hydrogen-bond acceptors (Lipinski definition) is 5. The van der Waals surface area contributed by atoms with Gasteiger partial charge in [-0.15, -0.1) is 0 Å². The fourth-order valence-corrected chi connectivity index (χ4v) is 1.34. The second kappa shape index (κ2) is 7.20. The predicted octanol–water partition coefficient (Wildman–Crippen LogP) is 2.01. The molecule has 19 heavy (non-hydrogen) atoms. The first-order valence-electron chi connectivity index (χ1n) is 5.77. The molecule has 0 aliphatic carbocycles. The number of nitrogens with one attached hydrogen (secondary N) is 1. The van der Waals surface area contributed by atoms with Crippen LogP contribution in [0.3, 0.4) is 0 Å². The van der Waals surface area contributed by atoms with Crippen LogP contribution in [0.2, 0.25) is 0 Å². The molecular formula is C14H18N2O3. The van der Waals surface area contributed by atoms with E-state index in [4.69, 9.17) is 9.47 Å². The number of rotatable bonds is 7. The van der Waals surface area contributed by atoms with E-state index >= 15 is 0 Å². The summed E-state index contributed by atoms with van der Waals surface area (Å²) in [5.41, 5.74) is 1.23. The Morgan fingerprint density at radius 2 is 2.21 bits per heavy atom. The molecule has 102 valence electrons. The Morgan fingerprint density at radius 1 is 1.47 bits per heavy atom. The molecule has 1 N–H and O–H groups in total. The Hall–Kier alpha value is -2.30. The highest BCUT2D eigenvalue weighted by Crippen LogP contribution is 2.14. The zero-order chi connectivity index (χ0) is 14.3. The van der Waals surface area contributed by atoms with Gasteiger partial charge in [-0.3, -0.25) is 4.79 Å². The molecule has 0 atom stereocenters. The van der Waals surface area contributed by atoms with E-state index in [-0.39, 0.29) is 5.78 Å². The highest BCUT2D eigenvalue weighted by molar-refractivity contribution is 5.94. The lowest BCUT2D eigenvalue weighted by atomic mass is 10.1. The van der Waals surface area contributed by atoms with Crippen LogP contribution in [0, 0.1) is 0 Å². The Kier molecular flexibility index (Phi) is 5.60. The van der Waals surface area contributed by atoms with Crippen LogP contribution in [0.25, 0.3) is 6.08 Å². The van der Waals surface area contributed by atoms with Gasteiger partial charge in [0.05, 0.1) is 19.9 Å². The van der Waals surface area contributed by atoms with Gasteiger partial charge in [0.25, 0.3) is 0 Å². The monoisotopic (exact) mass is 262 g/mol. The van der Waals surface area contributed by atoms with Gasteiger partial charge >= 0.3 is 0 Å². The smallest absolute Gasteiger partial charge is 0.214 e. The van der Waals surface area contributed by atoms with Crippen LogP contribution in [-0.2, 0) is 4.74 Å². The minimum absolute atomic E-state index is 0.0266. The van der Waals surface area contributed by atoms with Crippen LogP contribution in [0.4, 0.5) is 0 Å². The zero-order valence-corrected chi connectivity index (χ0v) is 11.4. The van der Waals surface area contributed by atoms with E-state index in [0.717, 1.165) is 0 Å². The summed E-state index contributed by atoms with van der Waals surface area (Å²) in [5.74, 6) is 0.885. The van der Waals surface area contributed by atoms with Crippen LogP contribution >= 0.6 is 0 Å². The Labute approximate surface area is 112 Å². The first-order valence-corrected chi connectivity index (χ1v) is 5.77. The molecule has 0 unspecified atom stereocenters. The van der Waals surface area contributed by atoms with Gasteiger partial charge in [0.1, 0.15) is 0 Å². The molecule has 0 fully saturated rings. The van der Waals surface area contributed by atoms with E-state index < -0.39 is 0 Å². The van der Waals surface area contributed by atoms with E-state index in [9.17, 15) is 4.79 Å². The van der Waals surface area contributed by atoms with E-state index in [1.165, 1.54) is 14.0 Å². The molecule has 5 heteroatoms. The maximum absolute atomic E-state index is 11.4. The largest absolute Gasteiger partial charge is 0.483 e. The number of hydrogen-bond donors (Lipinski definition) is 1. The summed E-state index contributed by atoms with van der Waals surface area (Å²) in [5, 5.41) is 2.94. The number of pyridine rings is 1. The number of nitrogens with zero attached hydrogens (tertiary/aromatic N) is 1. The molecule has 5 nitrogen and oxygen atoms in total. The van der Waals surface area contributed by atoms with Crippen molar-refractivity contribution in [3.8, 4) is 5.88 Å². The fraction of sp³-hybridized carbons (Fsp3) is 0.286. The summed E-state index contributed by atoms with van der Waals surface area (Å²) in [6.45, 7) is 5.70. The normalized spacial score (nSPS) is 10.3. The predicted molar refractivity (Wildman–Crippen MR) is 74.0 cm³/mol. The van der Waals surface area contributed by atoms with Crippen LogP contribution in [0.15, 0.2) is 30.7 Å². The molecule has 1 aromatic heterocycles. The summed E-state index contributed by atoms with van der Waals surface area (Å²) in [6, 6.07) is 3.33. The van der Waals surface area contributed by atoms with Gasteiger partial charge < -0.3 is 14.8 Å². The molecule has 0 aliphatic heterocycles. The molecule has 0 spiro atoms. The number of Topliss-reactive ketones (excluding diaryl/α,β-unsaturated/α-hetero) is 1. The molecule has 0 radical (unpaired) electrons. The van der Waals surface area contributed by atoms with Crippen molar-refractivity contribution in [1.82, 2.24) is 10.3 Å². The summed E-state index contributed by atoms with van der Waals surface area (Å²) in [4.78, 5) is 15.6. The number of ether oxygens (including phenoxy) is 2. The average molecular weight is 262 g/mol. The lowest BCUT2D eigenvalue weighted by Crippen LogP contribution is -2.12. The highest BCUT2D eigenvalue weighted by Gasteiger charge is 2.04. The lowest BCUT2D eigenvalue weighted by molar-refractivity contribution is 0.101. The minimum Gasteiger partial charge on any atom is -0.483 e. The Morgan fingerprint density at radius 3 is 2.79 bits per heavy atom. The molecule has 0 aromatic carbocycles. The summed E-state index contributed by atoms with van der Waals surface area (Å²) in [6.07, 6.45) is 3.65. The summed E-state index contributed by atoms with van der Waals surface area (Å²) in [7, 11) is 3.06. The van der Waals surface area contributed by atoms with Crippen molar-refractivity contribution in [2.75, 3.05) is 20.8 Å². The number of aromatic nitrogens is 1. The molecule has 1 aromatic rings. The van der Waals surface area contributed by atoms with E-state index in [0.29, 0.717) is 29.6 Å². The third-order valence-electron chi connectivity index (χ3n) is 2.39. The topological polar surface area (TPSA) is 60.5 Å². The van der Waals surface area contributed by atoms with Crippen LogP contribution in [0.5, 0.6) is 5.88 Å². The number of carbonyl (C=O) groups is 1. The van der Waals surface area contributed by atoms with Gasteiger partial charge in [0.2, 0.25) is 5.88 Å². The molecule has 0 saturated carbocycles. The number of carbonyl (C=O) groups excluding carboxylic acids is 1. The van der Waals surface area contributed by atoms with Crippen LogP contribution < -0.4 is 10.1 Å². The van der Waals surface area contributed by atoms with Crippen molar-refractivity contribution in [2.45, 2.75) is 6.92 Å². The second-order valence-electron chi connectivity index (χ2n) is 3.79. The maximum atomic E-state index is 11.4. The van der Waals surface area contributed by atoms with Crippen LogP contribution in [0.1, 0.15) is 23.0 Å². The highest BCUT2D eigenvalue weighted by atomic mass is 16.5. The van der Waals surface area contributed by atoms with Crippen LogP contribution in [-0.4, -0.2) is 31.5 Å². The third-order valence-corrected chi connectivity index (χ3v) is 2.39. The first-order chi connectivity index (χ1) is 9.06. The molecule has 0 aliphatic rings. The fourth-order valence-electron chi connectivity index (χ4n) is 1.34. The van der Waals surface area contributed by atoms with Crippen molar-refractivity contribution in [1.29, 1.82) is 0 Å². The average Bonchev–Trinajstić information content (AvgIpc) is 2.42. The Bertz CT molecular complexity index is 495. The van der Waals surface area contributed by atoms with Gasteiger partial charge in [-0.1, -0.05) is 6.08 Å². The molecule has 1 heterocycles. The Balaban J connectivity index is 2.77. The molecule has 0 amide bonds. The summed E-state index contributed by atoms with van der Waals surface area (Å²) < 4.78 is 9.93. The van der Waals surface area contributed by atoms with Crippen molar-refractivity contribution < 1.29 is 14.3 Å². The van der Waals surface area contributed by atoms with E-state index in [2.05, 4.69) is 16.9 Å². The van der Waals surface area contributed by atoms with Gasteiger partial charge in [-0.05, 0) is 25.6 Å². The van der Waals surface area contributed by atoms with E-state index in [1.54, 1.807) is 25.3 Å². The van der Waals surface area contributed by atoms with Gasteiger partial charge in [0, 0.05) is 18.2 Å². The molecule has 0 saturated heterocycles. The molecule has 1 rings (SSSR count).